The summed E-state index contributed by atoms with van der Waals surface area (Å²) >= 11 is 0. The largest absolute Gasteiger partial charge is 1.00 e. The molecule has 0 aromatic rings. The number of rotatable bonds is 15. The zero-order valence-electron chi connectivity index (χ0n) is 48.1. The minimum absolute atomic E-state index is 0. The van der Waals surface area contributed by atoms with Crippen LogP contribution in [0, 0.1) is 39.4 Å². The molecular weight excluding hydrogens is 1140 g/mol. The molecule has 1 spiro atoms. The van der Waals surface area contributed by atoms with Crippen LogP contribution >= 0.6 is 0 Å². The normalized spacial score (nSPS) is 52.3. The molecule has 10 N–H and O–H groups in total. The van der Waals surface area contributed by atoms with Crippen molar-refractivity contribution >= 4 is 16.4 Å². The van der Waals surface area contributed by atoms with Crippen LogP contribution in [0.25, 0.3) is 0 Å². The monoisotopic (exact) mass is 1220 g/mol. The molecule has 6 saturated heterocycles. The molecule has 0 radical (unpaired) electrons. The van der Waals surface area contributed by atoms with Gasteiger partial charge in [0.25, 0.3) is 0 Å². The third-order valence-electron chi connectivity index (χ3n) is 20.5. The molecule has 0 aromatic heterocycles. The minimum Gasteiger partial charge on any atom is -0.726 e. The second-order valence-corrected chi connectivity index (χ2v) is 26.5. The summed E-state index contributed by atoms with van der Waals surface area (Å²) in [5.41, 5.74) is 0.213. The van der Waals surface area contributed by atoms with Crippen LogP contribution in [-0.4, -0.2) is 250 Å². The van der Waals surface area contributed by atoms with Gasteiger partial charge in [0.15, 0.2) is 31.5 Å². The van der Waals surface area contributed by atoms with Gasteiger partial charge in [-0.2, -0.15) is 0 Å². The fourth-order valence-corrected chi connectivity index (χ4v) is 16.8. The van der Waals surface area contributed by atoms with E-state index in [0.717, 1.165) is 12.0 Å². The van der Waals surface area contributed by atoms with Crippen LogP contribution in [0.3, 0.4) is 0 Å². The van der Waals surface area contributed by atoms with Crippen LogP contribution in [0.2, 0.25) is 0 Å². The Morgan fingerprint density at radius 3 is 1.99 bits per heavy atom. The Balaban J connectivity index is 0.00000828. The third-order valence-corrected chi connectivity index (χ3v) is 21.0. The number of fused-ring (bicyclic) bond motifs is 5. The number of methoxy groups -OCH3 is 1. The van der Waals surface area contributed by atoms with Crippen molar-refractivity contribution in [1.29, 1.82) is 0 Å². The maximum absolute atomic E-state index is 13.8. The van der Waals surface area contributed by atoms with E-state index in [9.17, 15) is 68.8 Å². The number of allylic oxidation sites excluding steroid dienone is 2. The van der Waals surface area contributed by atoms with E-state index in [4.69, 9.17) is 61.0 Å². The number of ether oxygens (including phenoxy) is 12. The van der Waals surface area contributed by atoms with E-state index in [0.29, 0.717) is 32.1 Å². The van der Waals surface area contributed by atoms with Crippen LogP contribution < -0.4 is 29.6 Å². The number of aliphatic hydroxyl groups excluding tert-OH is 10. The van der Waals surface area contributed by atoms with E-state index in [-0.39, 0.29) is 71.4 Å². The molecule has 468 valence electrons. The first-order valence-corrected chi connectivity index (χ1v) is 29.7. The molecule has 10 aliphatic rings. The second kappa shape index (κ2) is 24.6. The van der Waals surface area contributed by atoms with E-state index in [1.165, 1.54) is 26.5 Å². The predicted octanol–water partition coefficient (Wildman–Crippen LogP) is -5.36. The van der Waals surface area contributed by atoms with Gasteiger partial charge in [0.1, 0.15) is 104 Å². The van der Waals surface area contributed by atoms with Crippen LogP contribution in [-0.2, 0) is 76.2 Å². The summed E-state index contributed by atoms with van der Waals surface area (Å²) in [7, 11) is -4.26. The summed E-state index contributed by atoms with van der Waals surface area (Å²) in [6, 6.07) is 0. The number of hydrogen-bond acceptors (Lipinski definition) is 27. The molecule has 2 unspecified atom stereocenters. The Morgan fingerprint density at radius 2 is 1.33 bits per heavy atom. The van der Waals surface area contributed by atoms with E-state index < -0.39 is 187 Å². The average molecular weight is 1220 g/mol. The molecule has 0 aromatic carbocycles. The maximum Gasteiger partial charge on any atom is 1.00 e. The van der Waals surface area contributed by atoms with Gasteiger partial charge in [-0.3, -0.25) is 8.98 Å². The van der Waals surface area contributed by atoms with Crippen LogP contribution in [0.4, 0.5) is 0 Å². The van der Waals surface area contributed by atoms with Crippen LogP contribution in [0.1, 0.15) is 87.0 Å². The fourth-order valence-electron chi connectivity index (χ4n) is 16.3. The van der Waals surface area contributed by atoms with Crippen molar-refractivity contribution in [3.63, 3.8) is 0 Å². The summed E-state index contributed by atoms with van der Waals surface area (Å²) in [5, 5.41) is 112. The molecular formula is C54H83NaO27S. The smallest absolute Gasteiger partial charge is 0.726 e. The molecule has 6 heterocycles. The molecule has 83 heavy (non-hydrogen) atoms. The Kier molecular flexibility index (Phi) is 19.7. The average Bonchev–Trinajstić information content (AvgIpc) is 1.79. The van der Waals surface area contributed by atoms with Gasteiger partial charge in [0, 0.05) is 18.4 Å². The van der Waals surface area contributed by atoms with Gasteiger partial charge in [-0.15, -0.1) is 0 Å². The Labute approximate surface area is 503 Å². The SMILES string of the molecule is C=C(C)[C@H]1[C@H]2C[C@@]3(C)C4=CCC5C(C)(C)[C@@H](O[C@@H]6OC[C@@H](OS(=O)(=O)[O-])[C@H](O)[C@H]6O[C@@H]6O[C@H](C)[C@@H](O[C@@H]7O[C@H](CO)[C@@H](O)[C@H](O[C@@H]8OC[C@@H](O)[C@H](OC)[C@H]8O)[C@H]7O)[C@H](O)[C@H]6O[C@@H]6O[C@H](C)[C@@H](O)[C@H](O)[C@H]6O)CC[C@]5(C)C4CC[C@]13C(=O)O2.[Na+]. The van der Waals surface area contributed by atoms with E-state index in [1.807, 2.05) is 6.92 Å². The molecule has 29 heteroatoms. The first kappa shape index (κ1) is 66.4. The topological polar surface area (TPSA) is 397 Å². The van der Waals surface area contributed by atoms with E-state index >= 15 is 0 Å². The van der Waals surface area contributed by atoms with Crippen molar-refractivity contribution in [2.75, 3.05) is 26.9 Å². The molecule has 0 amide bonds. The molecule has 31 atom stereocenters. The van der Waals surface area contributed by atoms with Crippen LogP contribution in [0.15, 0.2) is 23.8 Å². The zero-order chi connectivity index (χ0) is 59.7. The summed E-state index contributed by atoms with van der Waals surface area (Å²) in [5.74, 6) is -0.0907. The number of carbonyl (C=O) groups excluding carboxylic acids is 1. The van der Waals surface area contributed by atoms with Crippen molar-refractivity contribution in [2.45, 2.75) is 241 Å². The van der Waals surface area contributed by atoms with Gasteiger partial charge in [0.2, 0.25) is 10.4 Å². The fraction of sp³-hybridized carbons (Fsp3) is 0.907. The maximum atomic E-state index is 13.8. The molecule has 4 aliphatic carbocycles. The first-order chi connectivity index (χ1) is 38.4. The molecule has 6 aliphatic heterocycles. The first-order valence-electron chi connectivity index (χ1n) is 28.4. The Bertz CT molecular complexity index is 2480. The van der Waals surface area contributed by atoms with Gasteiger partial charge in [-0.1, -0.05) is 51.5 Å². The molecule has 3 saturated carbocycles. The summed E-state index contributed by atoms with van der Waals surface area (Å²) < 4.78 is 113. The Morgan fingerprint density at radius 1 is 0.711 bits per heavy atom. The summed E-state index contributed by atoms with van der Waals surface area (Å²) in [6.45, 7) is 15.8. The van der Waals surface area contributed by atoms with E-state index in [1.54, 1.807) is 0 Å². The number of carbonyl (C=O) groups is 1. The van der Waals surface area contributed by atoms with Crippen molar-refractivity contribution in [1.82, 2.24) is 0 Å². The van der Waals surface area contributed by atoms with Crippen molar-refractivity contribution in [2.24, 2.45) is 39.4 Å². The van der Waals surface area contributed by atoms with E-state index in [2.05, 4.69) is 40.3 Å². The zero-order valence-corrected chi connectivity index (χ0v) is 51.0. The molecule has 2 bridgehead atoms. The van der Waals surface area contributed by atoms with Gasteiger partial charge < -0.3 is 112 Å². The van der Waals surface area contributed by atoms with Crippen LogP contribution in [0.5, 0.6) is 0 Å². The number of aliphatic hydroxyl groups is 10. The third kappa shape index (κ3) is 11.3. The second-order valence-electron chi connectivity index (χ2n) is 25.5. The van der Waals surface area contributed by atoms with Crippen molar-refractivity contribution in [3.05, 3.63) is 23.8 Å². The standard InChI is InChI=1S/C54H84O27S.Na/c1-20(2)31-26-16-53(8)24-10-11-29-51(5,6)30(13-14-52(29,7)23(24)12-15-54(31,53)50(65)75-26)76-48-43(34(59)28(19-71-48)81-82(66,67)68)80-49-44(79-46-36(61)35(60)32(57)21(3)72-46)37(62)40(22(4)73-49)77-47-39(64)42(33(58)27(17-55)74-47)78-45-38(63)41(69-9)25(56)18-70-45;/h10,21-23,25-49,55-64H,1,11-19H2,2-9H3,(H,66,67,68);/q;+1/p-1/t21-,22-,23?,25-,26-,27-,28-,29?,30+,31+,32-,33-,34+,35+,36-,37+,38-,39-,40-,41+,42+,43-,44-,45+,46+,47+,48+,49+,52-,53+,54-;/m1./s1. The Hall–Kier alpha value is -1.02. The predicted molar refractivity (Wildman–Crippen MR) is 271 cm³/mol. The number of esters is 1. The van der Waals surface area contributed by atoms with Gasteiger partial charge in [-0.05, 0) is 82.0 Å². The minimum atomic E-state index is -5.49. The summed E-state index contributed by atoms with van der Waals surface area (Å²) in [4.78, 5) is 13.8. The van der Waals surface area contributed by atoms with Gasteiger partial charge in [0.05, 0.1) is 43.5 Å². The molecule has 10 rings (SSSR count). The molecule has 9 fully saturated rings. The number of hydrogen-bond donors (Lipinski definition) is 10. The van der Waals surface area contributed by atoms with Crippen molar-refractivity contribution < 1.29 is 159 Å². The van der Waals surface area contributed by atoms with Gasteiger partial charge >= 0.3 is 35.5 Å². The molecule has 27 nitrogen and oxygen atoms in total. The van der Waals surface area contributed by atoms with Gasteiger partial charge in [-0.25, -0.2) is 8.42 Å². The quantitative estimate of drug-likeness (QED) is 0.0241. The summed E-state index contributed by atoms with van der Waals surface area (Å²) in [6.07, 6.45) is -33.9. The van der Waals surface area contributed by atoms with Crippen molar-refractivity contribution in [3.8, 4) is 0 Å².